The molecule has 0 radical (unpaired) electrons. The highest BCUT2D eigenvalue weighted by Gasteiger charge is 2.05. The minimum Gasteiger partial charge on any atom is -0.760 e. The summed E-state index contributed by atoms with van der Waals surface area (Å²) >= 11 is -2.05. The van der Waals surface area contributed by atoms with E-state index in [1.54, 1.807) is 4.31 Å². The van der Waals surface area contributed by atoms with Crippen molar-refractivity contribution in [3.63, 3.8) is 0 Å². The lowest BCUT2D eigenvalue weighted by Gasteiger charge is -2.24. The molecule has 3 nitrogen and oxygen atoms in total. The third-order valence-electron chi connectivity index (χ3n) is 3.09. The van der Waals surface area contributed by atoms with Crippen LogP contribution >= 0.6 is 0 Å². The Balaban J connectivity index is 3.69. The summed E-state index contributed by atoms with van der Waals surface area (Å²) in [6, 6.07) is 0. The van der Waals surface area contributed by atoms with E-state index in [2.05, 4.69) is 27.7 Å². The summed E-state index contributed by atoms with van der Waals surface area (Å²) in [4.78, 5) is 0. The standard InChI is InChI=1S/C14H31NO2S/c1-13(2)9-5-7-11-15(18(16)17)12-8-6-10-14(3)4/h13-14H,5-12H2,1-4H3,(H,16,17)/p-1. The highest BCUT2D eigenvalue weighted by atomic mass is 32.2. The Morgan fingerprint density at radius 3 is 1.56 bits per heavy atom. The van der Waals surface area contributed by atoms with E-state index in [1.807, 2.05) is 0 Å². The summed E-state index contributed by atoms with van der Waals surface area (Å²) in [7, 11) is 0. The molecule has 110 valence electrons. The van der Waals surface area contributed by atoms with Crippen LogP contribution in [0.1, 0.15) is 66.2 Å². The molecule has 0 saturated heterocycles. The molecule has 1 atom stereocenters. The number of hydrogen-bond acceptors (Lipinski definition) is 2. The van der Waals surface area contributed by atoms with E-state index >= 15 is 0 Å². The third-order valence-corrected chi connectivity index (χ3v) is 3.88. The molecule has 0 spiro atoms. The van der Waals surface area contributed by atoms with Crippen LogP contribution in [0.5, 0.6) is 0 Å². The molecule has 0 aromatic carbocycles. The Hall–Kier alpha value is 0.0700. The van der Waals surface area contributed by atoms with E-state index in [4.69, 9.17) is 0 Å². The third kappa shape index (κ3) is 11.2. The fourth-order valence-electron chi connectivity index (χ4n) is 1.94. The largest absolute Gasteiger partial charge is 0.760 e. The Morgan fingerprint density at radius 1 is 0.889 bits per heavy atom. The van der Waals surface area contributed by atoms with Crippen LogP contribution < -0.4 is 0 Å². The maximum Gasteiger partial charge on any atom is 0.0209 e. The Kier molecular flexibility index (Phi) is 11.0. The van der Waals surface area contributed by atoms with Gasteiger partial charge in [-0.3, -0.25) is 4.21 Å². The minimum atomic E-state index is -2.05. The molecular weight excluding hydrogens is 246 g/mol. The molecule has 0 fully saturated rings. The second-order valence-corrected chi connectivity index (χ2v) is 6.88. The van der Waals surface area contributed by atoms with E-state index in [0.29, 0.717) is 24.9 Å². The number of unbranched alkanes of at least 4 members (excludes halogenated alkanes) is 2. The lowest BCUT2D eigenvalue weighted by Crippen LogP contribution is -2.28. The molecule has 0 aliphatic carbocycles. The lowest BCUT2D eigenvalue weighted by molar-refractivity contribution is 0.360. The van der Waals surface area contributed by atoms with E-state index in [1.165, 1.54) is 12.8 Å². The summed E-state index contributed by atoms with van der Waals surface area (Å²) in [6.07, 6.45) is 6.58. The average molecular weight is 276 g/mol. The maximum atomic E-state index is 11.1. The van der Waals surface area contributed by atoms with Gasteiger partial charge in [0.05, 0.1) is 0 Å². The fourth-order valence-corrected chi connectivity index (χ4v) is 2.50. The molecular formula is C14H30NO2S-. The van der Waals surface area contributed by atoms with Crippen LogP contribution in [0.15, 0.2) is 0 Å². The first kappa shape index (κ1) is 18.1. The van der Waals surface area contributed by atoms with Gasteiger partial charge >= 0.3 is 0 Å². The van der Waals surface area contributed by atoms with Gasteiger partial charge in [-0.25, -0.2) is 4.31 Å². The van der Waals surface area contributed by atoms with Crippen molar-refractivity contribution in [1.29, 1.82) is 0 Å². The molecule has 4 heteroatoms. The van der Waals surface area contributed by atoms with Crippen molar-refractivity contribution in [2.75, 3.05) is 13.1 Å². The van der Waals surface area contributed by atoms with E-state index in [0.717, 1.165) is 25.7 Å². The summed E-state index contributed by atoms with van der Waals surface area (Å²) in [5.74, 6) is 1.42. The summed E-state index contributed by atoms with van der Waals surface area (Å²) in [5, 5.41) is 0. The van der Waals surface area contributed by atoms with Crippen LogP contribution in [-0.2, 0) is 11.3 Å². The second-order valence-electron chi connectivity index (χ2n) is 5.93. The summed E-state index contributed by atoms with van der Waals surface area (Å²) in [6.45, 7) is 10.2. The van der Waals surface area contributed by atoms with Crippen molar-refractivity contribution in [1.82, 2.24) is 4.31 Å². The molecule has 0 heterocycles. The lowest BCUT2D eigenvalue weighted by atomic mass is 10.1. The zero-order valence-electron chi connectivity index (χ0n) is 12.5. The van der Waals surface area contributed by atoms with Crippen LogP contribution in [0, 0.1) is 11.8 Å². The van der Waals surface area contributed by atoms with Crippen molar-refractivity contribution in [2.24, 2.45) is 11.8 Å². The van der Waals surface area contributed by atoms with Crippen LogP contribution in [0.4, 0.5) is 0 Å². The predicted octanol–water partition coefficient (Wildman–Crippen LogP) is 3.74. The number of nitrogens with zero attached hydrogens (tertiary/aromatic N) is 1. The second kappa shape index (κ2) is 10.9. The first-order valence-electron chi connectivity index (χ1n) is 7.27. The van der Waals surface area contributed by atoms with Crippen LogP contribution in [-0.4, -0.2) is 26.2 Å². The van der Waals surface area contributed by atoms with Gasteiger partial charge < -0.3 is 4.55 Å². The molecule has 0 N–H and O–H groups in total. The minimum absolute atomic E-state index is 0.685. The molecule has 18 heavy (non-hydrogen) atoms. The van der Waals surface area contributed by atoms with E-state index in [9.17, 15) is 8.76 Å². The molecule has 0 rings (SSSR count). The first-order valence-corrected chi connectivity index (χ1v) is 8.31. The van der Waals surface area contributed by atoms with Crippen molar-refractivity contribution in [3.8, 4) is 0 Å². The van der Waals surface area contributed by atoms with Gasteiger partial charge in [0.25, 0.3) is 0 Å². The smallest absolute Gasteiger partial charge is 0.0209 e. The van der Waals surface area contributed by atoms with Gasteiger partial charge in [0.2, 0.25) is 0 Å². The van der Waals surface area contributed by atoms with Crippen molar-refractivity contribution < 1.29 is 8.76 Å². The fraction of sp³-hybridized carbons (Fsp3) is 1.00. The molecule has 0 aromatic rings. The monoisotopic (exact) mass is 276 g/mol. The van der Waals surface area contributed by atoms with Crippen LogP contribution in [0.2, 0.25) is 0 Å². The molecule has 0 aliphatic heterocycles. The topological polar surface area (TPSA) is 43.4 Å². The van der Waals surface area contributed by atoms with Gasteiger partial charge in [-0.2, -0.15) is 0 Å². The first-order chi connectivity index (χ1) is 8.43. The molecule has 0 aromatic heterocycles. The molecule has 0 amide bonds. The van der Waals surface area contributed by atoms with Gasteiger partial charge in [0, 0.05) is 24.4 Å². The van der Waals surface area contributed by atoms with Gasteiger partial charge in [-0.1, -0.05) is 53.4 Å². The van der Waals surface area contributed by atoms with Gasteiger partial charge in [0.1, 0.15) is 0 Å². The zero-order chi connectivity index (χ0) is 14.0. The van der Waals surface area contributed by atoms with Crippen molar-refractivity contribution >= 4 is 11.3 Å². The van der Waals surface area contributed by atoms with Crippen molar-refractivity contribution in [2.45, 2.75) is 66.2 Å². The highest BCUT2D eigenvalue weighted by molar-refractivity contribution is 7.76. The summed E-state index contributed by atoms with van der Waals surface area (Å²) < 4.78 is 23.7. The zero-order valence-corrected chi connectivity index (χ0v) is 13.3. The van der Waals surface area contributed by atoms with Crippen LogP contribution in [0.3, 0.4) is 0 Å². The molecule has 1 unspecified atom stereocenters. The number of hydrogen-bond donors (Lipinski definition) is 0. The Morgan fingerprint density at radius 2 is 1.28 bits per heavy atom. The Bertz CT molecular complexity index is 204. The molecule has 0 bridgehead atoms. The van der Waals surface area contributed by atoms with E-state index in [-0.39, 0.29) is 0 Å². The molecule has 0 aliphatic rings. The maximum absolute atomic E-state index is 11.1. The van der Waals surface area contributed by atoms with Gasteiger partial charge in [-0.05, 0) is 24.7 Å². The van der Waals surface area contributed by atoms with Gasteiger partial charge in [-0.15, -0.1) is 0 Å². The highest BCUT2D eigenvalue weighted by Crippen LogP contribution is 2.10. The van der Waals surface area contributed by atoms with Crippen LogP contribution in [0.25, 0.3) is 0 Å². The van der Waals surface area contributed by atoms with Gasteiger partial charge in [0.15, 0.2) is 0 Å². The quantitative estimate of drug-likeness (QED) is 0.426. The average Bonchev–Trinajstić information content (AvgIpc) is 2.25. The number of rotatable bonds is 11. The van der Waals surface area contributed by atoms with E-state index < -0.39 is 11.3 Å². The predicted molar refractivity (Wildman–Crippen MR) is 77.9 cm³/mol. The van der Waals surface area contributed by atoms with Crippen molar-refractivity contribution in [3.05, 3.63) is 0 Å². The normalized spacial score (nSPS) is 13.8. The SMILES string of the molecule is CC(C)CCCCN(CCCCC(C)C)S(=O)[O-]. The Labute approximate surface area is 116 Å². The summed E-state index contributed by atoms with van der Waals surface area (Å²) in [5.41, 5.74) is 0. The molecule has 0 saturated carbocycles.